The number of rotatable bonds is 3. The second-order valence-corrected chi connectivity index (χ2v) is 5.40. The molecular formula is C14H15F3N2O3. The number of anilines is 1. The van der Waals surface area contributed by atoms with Crippen LogP contribution >= 0.6 is 0 Å². The molecule has 0 atom stereocenters. The normalized spacial score (nSPS) is 11.5. The highest BCUT2D eigenvalue weighted by Crippen LogP contribution is 2.32. The van der Waals surface area contributed by atoms with Crippen molar-refractivity contribution in [3.8, 4) is 0 Å². The molecule has 0 bridgehead atoms. The first-order valence-corrected chi connectivity index (χ1v) is 6.26. The predicted octanol–water partition coefficient (Wildman–Crippen LogP) is 3.89. The van der Waals surface area contributed by atoms with Crippen LogP contribution in [0.4, 0.5) is 23.7 Å². The van der Waals surface area contributed by atoms with Crippen molar-refractivity contribution in [1.29, 1.82) is 0 Å². The van der Waals surface area contributed by atoms with E-state index in [9.17, 15) is 22.8 Å². The number of nitrogens with one attached hydrogen (secondary N) is 1. The van der Waals surface area contributed by atoms with Gasteiger partial charge in [0.2, 0.25) is 6.08 Å². The van der Waals surface area contributed by atoms with E-state index in [-0.39, 0.29) is 17.8 Å². The molecule has 0 heterocycles. The molecule has 0 aliphatic carbocycles. The van der Waals surface area contributed by atoms with Crippen LogP contribution in [0.15, 0.2) is 23.2 Å². The number of carbonyl (C=O) groups excluding carboxylic acids is 2. The van der Waals surface area contributed by atoms with Gasteiger partial charge in [-0.1, -0.05) is 6.07 Å². The monoisotopic (exact) mass is 316 g/mol. The summed E-state index contributed by atoms with van der Waals surface area (Å²) in [4.78, 5) is 25.1. The van der Waals surface area contributed by atoms with Crippen molar-refractivity contribution < 1.29 is 27.5 Å². The van der Waals surface area contributed by atoms with Crippen LogP contribution < -0.4 is 5.32 Å². The Hall–Kier alpha value is -2.34. The van der Waals surface area contributed by atoms with Crippen molar-refractivity contribution in [3.05, 3.63) is 29.3 Å². The maximum atomic E-state index is 12.7. The lowest BCUT2D eigenvalue weighted by atomic mass is 10.1. The van der Waals surface area contributed by atoms with E-state index in [1.807, 2.05) is 0 Å². The van der Waals surface area contributed by atoms with Crippen molar-refractivity contribution in [2.45, 2.75) is 39.1 Å². The second-order valence-electron chi connectivity index (χ2n) is 5.40. The predicted molar refractivity (Wildman–Crippen MR) is 73.1 cm³/mol. The van der Waals surface area contributed by atoms with E-state index < -0.39 is 23.4 Å². The van der Waals surface area contributed by atoms with Crippen molar-refractivity contribution in [2.24, 2.45) is 4.99 Å². The fraction of sp³-hybridized carbons (Fsp3) is 0.429. The second kappa shape index (κ2) is 6.62. The highest BCUT2D eigenvalue weighted by molar-refractivity contribution is 5.86. The molecule has 1 rings (SSSR count). The van der Waals surface area contributed by atoms with Gasteiger partial charge in [0.15, 0.2) is 0 Å². The van der Waals surface area contributed by atoms with Crippen LogP contribution in [0.25, 0.3) is 0 Å². The van der Waals surface area contributed by atoms with Gasteiger partial charge in [0.25, 0.3) is 0 Å². The Morgan fingerprint density at radius 3 is 2.45 bits per heavy atom. The summed E-state index contributed by atoms with van der Waals surface area (Å²) in [6, 6.07) is 2.74. The van der Waals surface area contributed by atoms with Gasteiger partial charge in [-0.2, -0.15) is 13.2 Å². The molecule has 8 heteroatoms. The quantitative estimate of drug-likeness (QED) is 0.679. The molecule has 1 aromatic carbocycles. The maximum Gasteiger partial charge on any atom is 0.416 e. The van der Waals surface area contributed by atoms with Gasteiger partial charge in [0.1, 0.15) is 5.60 Å². The molecule has 0 spiro atoms. The third-order valence-corrected chi connectivity index (χ3v) is 2.39. The third kappa shape index (κ3) is 5.57. The van der Waals surface area contributed by atoms with Gasteiger partial charge in [-0.15, -0.1) is 0 Å². The van der Waals surface area contributed by atoms with E-state index in [1.54, 1.807) is 20.8 Å². The topological polar surface area (TPSA) is 67.8 Å². The summed E-state index contributed by atoms with van der Waals surface area (Å²) in [6.07, 6.45) is -4.17. The van der Waals surface area contributed by atoms with E-state index in [0.717, 1.165) is 18.2 Å². The Labute approximate surface area is 125 Å². The number of hydrogen-bond acceptors (Lipinski definition) is 4. The minimum Gasteiger partial charge on any atom is -0.444 e. The molecule has 1 amide bonds. The van der Waals surface area contributed by atoms with Crippen LogP contribution in [0.1, 0.15) is 31.9 Å². The molecule has 5 nitrogen and oxygen atoms in total. The Morgan fingerprint density at radius 2 is 1.95 bits per heavy atom. The number of halogens is 3. The lowest BCUT2D eigenvalue weighted by Crippen LogP contribution is -2.27. The van der Waals surface area contributed by atoms with Crippen LogP contribution in [-0.2, 0) is 22.3 Å². The number of isocyanates is 1. The maximum absolute atomic E-state index is 12.7. The van der Waals surface area contributed by atoms with Crippen LogP contribution in [0.5, 0.6) is 0 Å². The summed E-state index contributed by atoms with van der Waals surface area (Å²) < 4.78 is 43.2. The molecule has 120 valence electrons. The Morgan fingerprint density at radius 1 is 1.32 bits per heavy atom. The number of carbonyl (C=O) groups is 1. The zero-order valence-corrected chi connectivity index (χ0v) is 12.2. The number of hydrogen-bond donors (Lipinski definition) is 1. The summed E-state index contributed by atoms with van der Waals surface area (Å²) >= 11 is 0. The molecule has 0 saturated heterocycles. The van der Waals surface area contributed by atoms with E-state index in [2.05, 4.69) is 10.3 Å². The molecule has 1 aromatic rings. The zero-order valence-electron chi connectivity index (χ0n) is 12.2. The molecule has 1 N–H and O–H groups in total. The highest BCUT2D eigenvalue weighted by Gasteiger charge is 2.31. The van der Waals surface area contributed by atoms with Crippen LogP contribution in [0, 0.1) is 0 Å². The smallest absolute Gasteiger partial charge is 0.416 e. The Balaban J connectivity index is 3.11. The van der Waals surface area contributed by atoms with Gasteiger partial charge >= 0.3 is 12.3 Å². The molecule has 0 aromatic heterocycles. The molecule has 0 unspecified atom stereocenters. The molecule has 0 aliphatic rings. The molecule has 0 saturated carbocycles. The van der Waals surface area contributed by atoms with Gasteiger partial charge < -0.3 is 4.74 Å². The first kappa shape index (κ1) is 17.7. The number of ether oxygens (including phenoxy) is 1. The average molecular weight is 316 g/mol. The van der Waals surface area contributed by atoms with Crippen molar-refractivity contribution in [2.75, 3.05) is 5.32 Å². The Kier molecular flexibility index (Phi) is 5.33. The average Bonchev–Trinajstić information content (AvgIpc) is 2.33. The van der Waals surface area contributed by atoms with Crippen molar-refractivity contribution >= 4 is 17.9 Å². The lowest BCUT2D eigenvalue weighted by molar-refractivity contribution is -0.137. The fourth-order valence-corrected chi connectivity index (χ4v) is 1.54. The largest absolute Gasteiger partial charge is 0.444 e. The molecular weight excluding hydrogens is 301 g/mol. The number of benzene rings is 1. The van der Waals surface area contributed by atoms with E-state index in [0.29, 0.717) is 0 Å². The summed E-state index contributed by atoms with van der Waals surface area (Å²) in [5.41, 5.74) is -1.62. The van der Waals surface area contributed by atoms with Gasteiger partial charge in [-0.3, -0.25) is 5.32 Å². The van der Waals surface area contributed by atoms with E-state index in [4.69, 9.17) is 4.74 Å². The lowest BCUT2D eigenvalue weighted by Gasteiger charge is -2.20. The van der Waals surface area contributed by atoms with Gasteiger partial charge in [-0.05, 0) is 38.5 Å². The number of amides is 1. The molecule has 0 aliphatic heterocycles. The number of aliphatic imine (C=N–C) groups is 1. The molecule has 0 radical (unpaired) electrons. The first-order chi connectivity index (χ1) is 10.0. The standard InChI is InChI=1S/C14H15F3N2O3/c1-13(2,3)22-12(21)19-11-6-10(14(15,16)17)5-4-9(11)7-18-8-20/h4-6H,7H2,1-3H3,(H,19,21). The summed E-state index contributed by atoms with van der Waals surface area (Å²) in [5, 5.41) is 2.24. The first-order valence-electron chi connectivity index (χ1n) is 6.26. The summed E-state index contributed by atoms with van der Waals surface area (Å²) in [7, 11) is 0. The van der Waals surface area contributed by atoms with Gasteiger partial charge in [0.05, 0.1) is 12.1 Å². The van der Waals surface area contributed by atoms with Crippen LogP contribution in [0.3, 0.4) is 0 Å². The SMILES string of the molecule is CC(C)(C)OC(=O)Nc1cc(C(F)(F)F)ccc1CN=C=O. The van der Waals surface area contributed by atoms with E-state index in [1.165, 1.54) is 6.08 Å². The van der Waals surface area contributed by atoms with Crippen LogP contribution in [0.2, 0.25) is 0 Å². The van der Waals surface area contributed by atoms with Gasteiger partial charge in [0, 0.05) is 5.69 Å². The fourth-order valence-electron chi connectivity index (χ4n) is 1.54. The van der Waals surface area contributed by atoms with Crippen LogP contribution in [-0.4, -0.2) is 17.8 Å². The molecule has 0 fully saturated rings. The zero-order chi connectivity index (χ0) is 17.0. The number of alkyl halides is 3. The highest BCUT2D eigenvalue weighted by atomic mass is 19.4. The van der Waals surface area contributed by atoms with Crippen molar-refractivity contribution in [1.82, 2.24) is 0 Å². The summed E-state index contributed by atoms with van der Waals surface area (Å²) in [5.74, 6) is 0. The Bertz CT molecular complexity index is 600. The third-order valence-electron chi connectivity index (χ3n) is 2.39. The molecule has 22 heavy (non-hydrogen) atoms. The summed E-state index contributed by atoms with van der Waals surface area (Å²) in [6.45, 7) is 4.66. The van der Waals surface area contributed by atoms with E-state index >= 15 is 0 Å². The minimum atomic E-state index is -4.56. The van der Waals surface area contributed by atoms with Crippen molar-refractivity contribution in [3.63, 3.8) is 0 Å². The number of nitrogens with zero attached hydrogens (tertiary/aromatic N) is 1. The minimum absolute atomic E-state index is 0.122. The van der Waals surface area contributed by atoms with Gasteiger partial charge in [-0.25, -0.2) is 14.6 Å².